The van der Waals surface area contributed by atoms with Crippen LogP contribution in [-0.4, -0.2) is 0 Å². The van der Waals surface area contributed by atoms with Crippen molar-refractivity contribution in [1.29, 1.82) is 5.26 Å². The van der Waals surface area contributed by atoms with E-state index >= 15 is 0 Å². The predicted molar refractivity (Wildman–Crippen MR) is 362 cm³/mol. The van der Waals surface area contributed by atoms with Crippen LogP contribution in [0.5, 0.6) is 115 Å². The summed E-state index contributed by atoms with van der Waals surface area (Å²) in [6.07, 6.45) is 6.59. The molecule has 10 aromatic rings. The van der Waals surface area contributed by atoms with Crippen LogP contribution in [-0.2, 0) is 16.2 Å². The molecule has 0 bridgehead atoms. The number of nitrogens with zero attached hydrogens (tertiary/aromatic N) is 3. The lowest BCUT2D eigenvalue weighted by Crippen LogP contribution is -2.27. The summed E-state index contributed by atoms with van der Waals surface area (Å²) in [5.41, 5.74) is 2.39. The summed E-state index contributed by atoms with van der Waals surface area (Å²) in [5.74, 6) is 7.74. The van der Waals surface area contributed by atoms with E-state index < -0.39 is 16.2 Å². The standard InChI is InChI=1S/C80H61N3O12/c1-11-84-51-27-35-55(36-28-51)88-59-19-15-20-60(43-59)92-72-44-62-64(46-74(72)93-67-22-16-21-66(61(67)48-81)89-56-37-29-52(30-38-56)85-12-2)80(49-78(62,5)6)50-79(7,8)63-45-73(94-70-25-17-23-68(76(70)82-9)90-57-39-31-53(32-40-57)86-13-3)75(47-65(63)80)95-71-26-18-24-69(77(71)83-10)91-58-41-33-54(34-42-58)87-14-4/h11-47H,1-4,49-50H2,5-8H3. The first-order chi connectivity index (χ1) is 46.1. The van der Waals surface area contributed by atoms with Gasteiger partial charge in [-0.05, 0) is 216 Å². The molecule has 0 aliphatic heterocycles. The maximum absolute atomic E-state index is 11.0. The topological polar surface area (TPSA) is 143 Å². The van der Waals surface area contributed by atoms with E-state index in [1.54, 1.807) is 158 Å². The molecule has 0 heterocycles. The molecule has 0 amide bonds. The quantitative estimate of drug-likeness (QED) is 0.0419. The normalized spacial score (nSPS) is 14.2. The van der Waals surface area contributed by atoms with Gasteiger partial charge >= 0.3 is 0 Å². The molecule has 0 saturated heterocycles. The summed E-state index contributed by atoms with van der Waals surface area (Å²) in [6.45, 7) is 40.5. The molecule has 1 spiro atoms. The number of rotatable bonds is 24. The average molecular weight is 1260 g/mol. The lowest BCUT2D eigenvalue weighted by Gasteiger charge is -2.31. The highest BCUT2D eigenvalue weighted by molar-refractivity contribution is 5.73. The fourth-order valence-electron chi connectivity index (χ4n) is 12.3. The van der Waals surface area contributed by atoms with E-state index in [1.165, 1.54) is 25.0 Å². The molecule has 0 N–H and O–H groups in total. The van der Waals surface area contributed by atoms with Crippen LogP contribution in [0.1, 0.15) is 68.4 Å². The Bertz CT molecular complexity index is 4730. The number of hydrogen-bond donors (Lipinski definition) is 0. The Balaban J connectivity index is 0.994. The first-order valence-corrected chi connectivity index (χ1v) is 30.1. The highest BCUT2D eigenvalue weighted by atomic mass is 16.5. The van der Waals surface area contributed by atoms with Gasteiger partial charge in [-0.3, -0.25) is 0 Å². The minimum Gasteiger partial charge on any atom is -0.468 e. The predicted octanol–water partition coefficient (Wildman–Crippen LogP) is 22.7. The van der Waals surface area contributed by atoms with Gasteiger partial charge in [-0.25, -0.2) is 9.69 Å². The van der Waals surface area contributed by atoms with Gasteiger partial charge in [0.1, 0.15) is 104 Å². The largest absolute Gasteiger partial charge is 0.468 e. The Labute approximate surface area is 550 Å². The van der Waals surface area contributed by atoms with Gasteiger partial charge in [-0.15, -0.1) is 0 Å². The van der Waals surface area contributed by atoms with Crippen LogP contribution >= 0.6 is 0 Å². The molecule has 0 fully saturated rings. The first-order valence-electron chi connectivity index (χ1n) is 30.1. The zero-order valence-electron chi connectivity index (χ0n) is 52.3. The molecule has 95 heavy (non-hydrogen) atoms. The molecule has 0 aromatic heterocycles. The lowest BCUT2D eigenvalue weighted by molar-refractivity contribution is 0.349. The van der Waals surface area contributed by atoms with E-state index in [0.717, 1.165) is 22.3 Å². The number of para-hydroxylation sites is 2. The summed E-state index contributed by atoms with van der Waals surface area (Å²) in [4.78, 5) is 7.92. The van der Waals surface area contributed by atoms with Gasteiger partial charge in [-0.2, -0.15) is 5.26 Å². The second kappa shape index (κ2) is 26.6. The van der Waals surface area contributed by atoms with Gasteiger partial charge < -0.3 is 56.8 Å². The van der Waals surface area contributed by atoms with E-state index in [1.807, 2.05) is 42.5 Å². The van der Waals surface area contributed by atoms with Gasteiger partial charge in [0.2, 0.25) is 0 Å². The Hall–Kier alpha value is -12.8. The molecule has 15 nitrogen and oxygen atoms in total. The van der Waals surface area contributed by atoms with Crippen LogP contribution in [0.3, 0.4) is 0 Å². The highest BCUT2D eigenvalue weighted by Gasteiger charge is 2.57. The van der Waals surface area contributed by atoms with Crippen molar-refractivity contribution in [3.63, 3.8) is 0 Å². The van der Waals surface area contributed by atoms with Crippen LogP contribution < -0.4 is 56.8 Å². The van der Waals surface area contributed by atoms with Crippen molar-refractivity contribution in [2.45, 2.75) is 56.8 Å². The third-order valence-corrected chi connectivity index (χ3v) is 16.2. The van der Waals surface area contributed by atoms with Crippen LogP contribution in [0, 0.1) is 24.5 Å². The van der Waals surface area contributed by atoms with Gasteiger partial charge in [0.05, 0.1) is 38.2 Å². The fraction of sp³-hybridized carbons (Fsp3) is 0.113. The van der Waals surface area contributed by atoms with Crippen molar-refractivity contribution in [2.24, 2.45) is 0 Å². The van der Waals surface area contributed by atoms with Crippen molar-refractivity contribution in [3.8, 4) is 121 Å². The Morgan fingerprint density at radius 3 is 0.979 bits per heavy atom. The molecule has 10 aromatic carbocycles. The van der Waals surface area contributed by atoms with Crippen molar-refractivity contribution in [3.05, 3.63) is 302 Å². The second-order valence-corrected chi connectivity index (χ2v) is 23.4. The third-order valence-electron chi connectivity index (χ3n) is 16.2. The monoisotopic (exact) mass is 1260 g/mol. The summed E-state index contributed by atoms with van der Waals surface area (Å²) in [6, 6.07) is 61.1. The number of hydrogen-bond acceptors (Lipinski definition) is 13. The molecular formula is C80H61N3O12. The van der Waals surface area contributed by atoms with Gasteiger partial charge in [0, 0.05) is 11.5 Å². The van der Waals surface area contributed by atoms with E-state index in [2.05, 4.69) is 69.8 Å². The van der Waals surface area contributed by atoms with Gasteiger partial charge in [0.25, 0.3) is 11.4 Å². The number of nitriles is 1. The molecule has 12 rings (SSSR count). The zero-order valence-corrected chi connectivity index (χ0v) is 52.3. The molecule has 468 valence electrons. The maximum atomic E-state index is 11.0. The molecule has 0 saturated carbocycles. The minimum atomic E-state index is -0.744. The van der Waals surface area contributed by atoms with Gasteiger partial charge in [-0.1, -0.05) is 78.3 Å². The molecule has 2 aliphatic carbocycles. The molecule has 15 heteroatoms. The van der Waals surface area contributed by atoms with E-state index in [4.69, 9.17) is 70.0 Å². The third kappa shape index (κ3) is 13.1. The Morgan fingerprint density at radius 2 is 0.611 bits per heavy atom. The Morgan fingerprint density at radius 1 is 0.337 bits per heavy atom. The molecule has 1 atom stereocenters. The zero-order chi connectivity index (χ0) is 66.3. The van der Waals surface area contributed by atoms with E-state index in [9.17, 15) is 5.26 Å². The average Bonchev–Trinajstić information content (AvgIpc) is 1.53. The number of fused-ring (bicyclic) bond motifs is 4. The van der Waals surface area contributed by atoms with Crippen molar-refractivity contribution < 1.29 is 56.8 Å². The van der Waals surface area contributed by atoms with Crippen molar-refractivity contribution >= 4 is 11.4 Å². The summed E-state index contributed by atoms with van der Waals surface area (Å²) in [7, 11) is 0. The van der Waals surface area contributed by atoms with Crippen LogP contribution in [0.15, 0.2) is 252 Å². The molecule has 0 radical (unpaired) electrons. The summed E-state index contributed by atoms with van der Waals surface area (Å²) < 4.78 is 75.1. The number of benzene rings is 10. The van der Waals surface area contributed by atoms with Crippen molar-refractivity contribution in [1.82, 2.24) is 0 Å². The maximum Gasteiger partial charge on any atom is 0.270 e. The molecular weight excluding hydrogens is 1190 g/mol. The van der Waals surface area contributed by atoms with Crippen molar-refractivity contribution in [2.75, 3.05) is 0 Å². The smallest absolute Gasteiger partial charge is 0.270 e. The molecule has 1 unspecified atom stereocenters. The van der Waals surface area contributed by atoms with Gasteiger partial charge in [0.15, 0.2) is 23.0 Å². The first kappa shape index (κ1) is 62.4. The molecule has 2 aliphatic rings. The van der Waals surface area contributed by atoms with E-state index in [-0.39, 0.29) is 62.9 Å². The summed E-state index contributed by atoms with van der Waals surface area (Å²) in [5, 5.41) is 11.0. The second-order valence-electron chi connectivity index (χ2n) is 23.4. The SMILES string of the molecule is [C-]#[N+]c1c(Oc2ccc(OC=C)cc2)cccc1Oc1cc2c(cc1Oc1cccc(Oc3ccc(OC=C)cc3)c1[N+]#[C-])C1(CC(C)(C)c3cc(Oc4cccc(Oc5ccc(OC=C)cc5)c4)c(Oc4cccc(Oc5ccc(OC=C)cc5)c4C#N)cc31)CC2(C)C. The van der Waals surface area contributed by atoms with Crippen LogP contribution in [0.4, 0.5) is 11.4 Å². The highest BCUT2D eigenvalue weighted by Crippen LogP contribution is 2.66. The van der Waals surface area contributed by atoms with Crippen LogP contribution in [0.25, 0.3) is 9.69 Å². The summed E-state index contributed by atoms with van der Waals surface area (Å²) >= 11 is 0. The van der Waals surface area contributed by atoms with Crippen LogP contribution in [0.2, 0.25) is 0 Å². The number of ether oxygens (including phenoxy) is 12. The minimum absolute atomic E-state index is 0.0937. The Kier molecular flexibility index (Phi) is 17.5. The lowest BCUT2D eigenvalue weighted by atomic mass is 9.72. The van der Waals surface area contributed by atoms with E-state index in [0.29, 0.717) is 81.8 Å². The fourth-order valence-corrected chi connectivity index (χ4v) is 12.3.